The Bertz CT molecular complexity index is 211. The van der Waals surface area contributed by atoms with Gasteiger partial charge in [-0.25, -0.2) is 0 Å². The van der Waals surface area contributed by atoms with Gasteiger partial charge in [0, 0.05) is 12.5 Å². The van der Waals surface area contributed by atoms with Crippen LogP contribution in [-0.2, 0) is 0 Å². The maximum absolute atomic E-state index is 12.0. The second-order valence-electron chi connectivity index (χ2n) is 5.48. The molecule has 5 unspecified atom stereocenters. The Labute approximate surface area is 98.6 Å². The lowest BCUT2D eigenvalue weighted by Crippen LogP contribution is -3.20. The summed E-state index contributed by atoms with van der Waals surface area (Å²) in [5.74, 6) is 0.856. The number of piperazine rings is 1. The molecule has 0 radical (unpaired) electrons. The first-order valence-electron chi connectivity index (χ1n) is 6.42. The molecule has 0 spiro atoms. The van der Waals surface area contributed by atoms with E-state index in [-0.39, 0.29) is 17.1 Å². The SMILES string of the molecule is CCC(C)C1CNC(CC(C)C)C(O)[NH+]1[O-]. The smallest absolute Gasteiger partial charge is 0.204 e. The molecule has 1 heterocycles. The van der Waals surface area contributed by atoms with Crippen molar-refractivity contribution in [3.8, 4) is 0 Å². The Balaban J connectivity index is 2.57. The quantitative estimate of drug-likeness (QED) is 0.601. The molecule has 4 heteroatoms. The number of hydrogen-bond acceptors (Lipinski definition) is 3. The van der Waals surface area contributed by atoms with Crippen molar-refractivity contribution in [2.75, 3.05) is 6.54 Å². The molecule has 16 heavy (non-hydrogen) atoms. The van der Waals surface area contributed by atoms with Crippen LogP contribution in [0.15, 0.2) is 0 Å². The molecule has 4 nitrogen and oxygen atoms in total. The first-order chi connectivity index (χ1) is 7.47. The molecule has 1 aliphatic heterocycles. The van der Waals surface area contributed by atoms with E-state index in [1.807, 2.05) is 0 Å². The van der Waals surface area contributed by atoms with Gasteiger partial charge in [0.15, 0.2) is 0 Å². The number of quaternary nitrogens is 1. The molecule has 1 aliphatic rings. The maximum atomic E-state index is 12.0. The van der Waals surface area contributed by atoms with E-state index in [9.17, 15) is 10.3 Å². The third-order valence-electron chi connectivity index (χ3n) is 3.69. The molecular formula is C12H26N2O2. The second-order valence-corrected chi connectivity index (χ2v) is 5.48. The fourth-order valence-corrected chi connectivity index (χ4v) is 2.39. The van der Waals surface area contributed by atoms with E-state index >= 15 is 0 Å². The highest BCUT2D eigenvalue weighted by Gasteiger charge is 2.37. The summed E-state index contributed by atoms with van der Waals surface area (Å²) in [4.78, 5) is 0. The predicted molar refractivity (Wildman–Crippen MR) is 64.8 cm³/mol. The van der Waals surface area contributed by atoms with E-state index in [0.717, 1.165) is 19.4 Å². The Kier molecular flexibility index (Phi) is 5.18. The minimum atomic E-state index is -0.810. The molecule has 1 fully saturated rings. The third-order valence-corrected chi connectivity index (χ3v) is 3.69. The highest BCUT2D eigenvalue weighted by atomic mass is 16.5. The minimum absolute atomic E-state index is 0.0107. The number of nitrogens with one attached hydrogen (secondary N) is 2. The van der Waals surface area contributed by atoms with Gasteiger partial charge in [-0.2, -0.15) is 0 Å². The molecule has 1 saturated heterocycles. The number of aliphatic hydroxyl groups is 1. The molecule has 0 amide bonds. The average Bonchev–Trinajstić information content (AvgIpc) is 2.23. The summed E-state index contributed by atoms with van der Waals surface area (Å²) in [6.07, 6.45) is 1.04. The van der Waals surface area contributed by atoms with Crippen molar-refractivity contribution in [1.82, 2.24) is 5.32 Å². The highest BCUT2D eigenvalue weighted by molar-refractivity contribution is 4.80. The largest absolute Gasteiger partial charge is 0.632 e. The van der Waals surface area contributed by atoms with Crippen LogP contribution in [0.2, 0.25) is 0 Å². The Morgan fingerprint density at radius 1 is 1.44 bits per heavy atom. The molecular weight excluding hydrogens is 204 g/mol. The van der Waals surface area contributed by atoms with Crippen LogP contribution in [0, 0.1) is 17.0 Å². The molecule has 0 saturated carbocycles. The van der Waals surface area contributed by atoms with Crippen LogP contribution in [-0.4, -0.2) is 30.0 Å². The number of aliphatic hydroxyl groups excluding tert-OH is 1. The molecule has 1 rings (SSSR count). The summed E-state index contributed by atoms with van der Waals surface area (Å²) in [6, 6.07) is -0.0591. The molecule has 5 atom stereocenters. The van der Waals surface area contributed by atoms with Crippen molar-refractivity contribution < 1.29 is 10.2 Å². The molecule has 0 aromatic heterocycles. The topological polar surface area (TPSA) is 59.8 Å². The van der Waals surface area contributed by atoms with Gasteiger partial charge in [0.1, 0.15) is 6.04 Å². The van der Waals surface area contributed by atoms with Crippen LogP contribution in [0.3, 0.4) is 0 Å². The van der Waals surface area contributed by atoms with Crippen LogP contribution in [0.1, 0.15) is 40.5 Å². The van der Waals surface area contributed by atoms with E-state index in [1.54, 1.807) is 0 Å². The van der Waals surface area contributed by atoms with Gasteiger partial charge in [0.05, 0.1) is 6.04 Å². The third kappa shape index (κ3) is 3.17. The summed E-state index contributed by atoms with van der Waals surface area (Å²) in [5, 5.41) is 25.4. The zero-order valence-electron chi connectivity index (χ0n) is 10.9. The first kappa shape index (κ1) is 13.9. The monoisotopic (exact) mass is 230 g/mol. The van der Waals surface area contributed by atoms with Gasteiger partial charge in [-0.1, -0.05) is 27.7 Å². The fourth-order valence-electron chi connectivity index (χ4n) is 2.39. The molecule has 0 aromatic carbocycles. The van der Waals surface area contributed by atoms with E-state index in [2.05, 4.69) is 33.0 Å². The lowest BCUT2D eigenvalue weighted by atomic mass is 9.93. The Morgan fingerprint density at radius 3 is 2.56 bits per heavy atom. The molecule has 0 aliphatic carbocycles. The van der Waals surface area contributed by atoms with Crippen LogP contribution < -0.4 is 10.4 Å². The molecule has 0 aromatic rings. The number of rotatable bonds is 4. The van der Waals surface area contributed by atoms with Crippen LogP contribution >= 0.6 is 0 Å². The van der Waals surface area contributed by atoms with E-state index in [4.69, 9.17) is 0 Å². The van der Waals surface area contributed by atoms with Gasteiger partial charge in [-0.05, 0) is 18.8 Å². The lowest BCUT2D eigenvalue weighted by molar-refractivity contribution is -0.934. The number of hydrogen-bond donors (Lipinski definition) is 3. The van der Waals surface area contributed by atoms with Crippen molar-refractivity contribution in [2.24, 2.45) is 11.8 Å². The van der Waals surface area contributed by atoms with Gasteiger partial charge in [-0.3, -0.25) is 0 Å². The summed E-state index contributed by atoms with van der Waals surface area (Å²) in [6.45, 7) is 9.12. The minimum Gasteiger partial charge on any atom is -0.632 e. The van der Waals surface area contributed by atoms with Gasteiger partial charge < -0.3 is 20.7 Å². The Morgan fingerprint density at radius 2 is 2.06 bits per heavy atom. The van der Waals surface area contributed by atoms with Gasteiger partial charge in [-0.15, -0.1) is 0 Å². The highest BCUT2D eigenvalue weighted by Crippen LogP contribution is 2.12. The lowest BCUT2D eigenvalue weighted by Gasteiger charge is -2.46. The van der Waals surface area contributed by atoms with Crippen LogP contribution in [0.25, 0.3) is 0 Å². The van der Waals surface area contributed by atoms with Crippen molar-refractivity contribution in [2.45, 2.75) is 58.8 Å². The van der Waals surface area contributed by atoms with Crippen molar-refractivity contribution >= 4 is 0 Å². The summed E-state index contributed by atoms with van der Waals surface area (Å²) in [5.41, 5.74) is 0. The van der Waals surface area contributed by atoms with Crippen molar-refractivity contribution in [3.05, 3.63) is 5.21 Å². The molecule has 3 N–H and O–H groups in total. The van der Waals surface area contributed by atoms with Crippen molar-refractivity contribution in [1.29, 1.82) is 0 Å². The normalized spacial score (nSPS) is 37.7. The van der Waals surface area contributed by atoms with Crippen LogP contribution in [0.5, 0.6) is 0 Å². The van der Waals surface area contributed by atoms with Gasteiger partial charge in [0.25, 0.3) is 0 Å². The van der Waals surface area contributed by atoms with E-state index < -0.39 is 6.23 Å². The zero-order valence-corrected chi connectivity index (χ0v) is 10.9. The standard InChI is InChI=1S/C12H26N2O2/c1-5-9(4)11-7-13-10(6-8(2)3)12(15)14(11)16/h8-15H,5-7H2,1-4H3. The predicted octanol–water partition coefficient (Wildman–Crippen LogP) is 0.120. The second kappa shape index (κ2) is 5.96. The molecule has 0 bridgehead atoms. The van der Waals surface area contributed by atoms with Crippen LogP contribution in [0.4, 0.5) is 0 Å². The summed E-state index contributed by atoms with van der Waals surface area (Å²) in [7, 11) is 0. The molecule has 96 valence electrons. The van der Waals surface area contributed by atoms with Gasteiger partial charge >= 0.3 is 0 Å². The van der Waals surface area contributed by atoms with E-state index in [0.29, 0.717) is 11.8 Å². The summed E-state index contributed by atoms with van der Waals surface area (Å²) >= 11 is 0. The number of hydroxylamine groups is 2. The van der Waals surface area contributed by atoms with Crippen molar-refractivity contribution in [3.63, 3.8) is 0 Å². The first-order valence-corrected chi connectivity index (χ1v) is 6.42. The average molecular weight is 230 g/mol. The van der Waals surface area contributed by atoms with Gasteiger partial charge in [0.2, 0.25) is 6.23 Å². The summed E-state index contributed by atoms with van der Waals surface area (Å²) < 4.78 is 0. The fraction of sp³-hybridized carbons (Fsp3) is 1.00. The zero-order chi connectivity index (χ0) is 12.3. The van der Waals surface area contributed by atoms with E-state index in [1.165, 1.54) is 0 Å². The maximum Gasteiger partial charge on any atom is 0.204 e. The Hall–Kier alpha value is -0.160.